The summed E-state index contributed by atoms with van der Waals surface area (Å²) in [4.78, 5) is 13.4. The van der Waals surface area contributed by atoms with Crippen molar-refractivity contribution < 1.29 is 13.2 Å². The van der Waals surface area contributed by atoms with Crippen LogP contribution in [0.4, 0.5) is 5.69 Å². The van der Waals surface area contributed by atoms with Gasteiger partial charge in [0.05, 0.1) is 10.6 Å². The van der Waals surface area contributed by atoms with Crippen molar-refractivity contribution in [2.45, 2.75) is 49.5 Å². The molecular formula is C19H24N2O3S2. The zero-order valence-electron chi connectivity index (χ0n) is 14.8. The van der Waals surface area contributed by atoms with E-state index in [1.54, 1.807) is 41.8 Å². The monoisotopic (exact) mass is 392 g/mol. The highest BCUT2D eigenvalue weighted by atomic mass is 32.2. The summed E-state index contributed by atoms with van der Waals surface area (Å²) >= 11 is 1.27. The topological polar surface area (TPSA) is 66.5 Å². The molecule has 0 unspecified atom stereocenters. The van der Waals surface area contributed by atoms with Crippen molar-refractivity contribution in [3.8, 4) is 0 Å². The third kappa shape index (κ3) is 4.10. The van der Waals surface area contributed by atoms with E-state index in [4.69, 9.17) is 0 Å². The molecule has 1 aromatic carbocycles. The molecule has 1 amide bonds. The summed E-state index contributed by atoms with van der Waals surface area (Å²) in [7, 11) is -2.20. The molecule has 26 heavy (non-hydrogen) atoms. The van der Waals surface area contributed by atoms with Crippen molar-refractivity contribution in [3.05, 3.63) is 46.7 Å². The summed E-state index contributed by atoms with van der Waals surface area (Å²) < 4.78 is 26.9. The largest absolute Gasteiger partial charge is 0.349 e. The maximum atomic E-state index is 12.8. The fourth-order valence-electron chi connectivity index (χ4n) is 3.28. The van der Waals surface area contributed by atoms with Gasteiger partial charge in [-0.15, -0.1) is 11.3 Å². The van der Waals surface area contributed by atoms with Gasteiger partial charge in [0.15, 0.2) is 0 Å². The normalized spacial score (nSPS) is 16.0. The lowest BCUT2D eigenvalue weighted by Gasteiger charge is -2.21. The summed E-state index contributed by atoms with van der Waals surface area (Å²) in [6.45, 7) is 0. The lowest BCUT2D eigenvalue weighted by atomic mass is 10.1. The van der Waals surface area contributed by atoms with Crippen LogP contribution in [0.3, 0.4) is 0 Å². The Kier molecular flexibility index (Phi) is 5.98. The van der Waals surface area contributed by atoms with Crippen molar-refractivity contribution in [3.63, 3.8) is 0 Å². The first-order valence-electron chi connectivity index (χ1n) is 8.92. The van der Waals surface area contributed by atoms with Crippen molar-refractivity contribution in [1.82, 2.24) is 5.32 Å². The third-order valence-electron chi connectivity index (χ3n) is 4.78. The number of thiophene rings is 1. The van der Waals surface area contributed by atoms with Gasteiger partial charge in [-0.1, -0.05) is 43.9 Å². The number of sulfonamides is 1. The molecule has 3 rings (SSSR count). The van der Waals surface area contributed by atoms with Gasteiger partial charge in [0, 0.05) is 13.1 Å². The van der Waals surface area contributed by atoms with Gasteiger partial charge >= 0.3 is 0 Å². The van der Waals surface area contributed by atoms with E-state index in [9.17, 15) is 13.2 Å². The number of amides is 1. The Hall–Kier alpha value is -1.86. The van der Waals surface area contributed by atoms with Crippen molar-refractivity contribution in [2.24, 2.45) is 0 Å². The highest BCUT2D eigenvalue weighted by Gasteiger charge is 2.27. The van der Waals surface area contributed by atoms with Crippen LogP contribution >= 0.6 is 11.3 Å². The molecule has 1 saturated carbocycles. The van der Waals surface area contributed by atoms with E-state index in [2.05, 4.69) is 5.32 Å². The van der Waals surface area contributed by atoms with E-state index in [1.165, 1.54) is 35.5 Å². The van der Waals surface area contributed by atoms with Crippen LogP contribution < -0.4 is 9.62 Å². The fourth-order valence-corrected chi connectivity index (χ4v) is 5.39. The molecule has 0 aliphatic heterocycles. The van der Waals surface area contributed by atoms with Gasteiger partial charge in [-0.3, -0.25) is 9.10 Å². The zero-order chi connectivity index (χ0) is 18.6. The molecule has 0 saturated heterocycles. The van der Waals surface area contributed by atoms with Crippen LogP contribution in [0.2, 0.25) is 0 Å². The van der Waals surface area contributed by atoms with E-state index >= 15 is 0 Å². The number of nitrogens with zero attached hydrogens (tertiary/aromatic N) is 1. The summed E-state index contributed by atoms with van der Waals surface area (Å²) in [5.74, 6) is -0.183. The van der Waals surface area contributed by atoms with E-state index in [1.807, 2.05) is 0 Å². The highest BCUT2D eigenvalue weighted by molar-refractivity contribution is 7.92. The first-order chi connectivity index (χ1) is 12.5. The molecule has 1 aliphatic rings. The molecule has 0 radical (unpaired) electrons. The quantitative estimate of drug-likeness (QED) is 0.782. The Balaban J connectivity index is 1.80. The second-order valence-corrected chi connectivity index (χ2v) is 9.47. The lowest BCUT2D eigenvalue weighted by Crippen LogP contribution is -2.35. The van der Waals surface area contributed by atoms with E-state index < -0.39 is 10.0 Å². The van der Waals surface area contributed by atoms with Gasteiger partial charge in [-0.2, -0.15) is 0 Å². The van der Waals surface area contributed by atoms with E-state index in [0.29, 0.717) is 10.6 Å². The minimum atomic E-state index is -3.70. The lowest BCUT2D eigenvalue weighted by molar-refractivity contribution is 0.0938. The van der Waals surface area contributed by atoms with E-state index in [0.717, 1.165) is 25.7 Å². The molecule has 0 atom stereocenters. The van der Waals surface area contributed by atoms with Crippen LogP contribution in [-0.4, -0.2) is 27.4 Å². The second kappa shape index (κ2) is 8.22. The van der Waals surface area contributed by atoms with Crippen LogP contribution in [0.25, 0.3) is 0 Å². The van der Waals surface area contributed by atoms with Crippen LogP contribution in [0.5, 0.6) is 0 Å². The van der Waals surface area contributed by atoms with Gasteiger partial charge in [0.1, 0.15) is 4.88 Å². The van der Waals surface area contributed by atoms with Crippen LogP contribution in [0, 0.1) is 0 Å². The summed E-state index contributed by atoms with van der Waals surface area (Å²) in [5.41, 5.74) is 0.421. The molecular weight excluding hydrogens is 368 g/mol. The van der Waals surface area contributed by atoms with Crippen LogP contribution in [-0.2, 0) is 10.0 Å². The Morgan fingerprint density at radius 3 is 2.38 bits per heavy atom. The molecule has 5 nitrogen and oxygen atoms in total. The Morgan fingerprint density at radius 1 is 1.08 bits per heavy atom. The number of benzene rings is 1. The maximum Gasteiger partial charge on any atom is 0.264 e. The second-order valence-electron chi connectivity index (χ2n) is 6.58. The van der Waals surface area contributed by atoms with Crippen molar-refractivity contribution >= 4 is 33.0 Å². The fraction of sp³-hybridized carbons (Fsp3) is 0.421. The van der Waals surface area contributed by atoms with Crippen LogP contribution in [0.1, 0.15) is 48.2 Å². The Morgan fingerprint density at radius 2 is 1.73 bits per heavy atom. The maximum absolute atomic E-state index is 12.8. The number of carbonyl (C=O) groups is 1. The first kappa shape index (κ1) is 18.9. The molecule has 1 N–H and O–H groups in total. The molecule has 140 valence electrons. The Labute approximate surface area is 159 Å². The first-order valence-corrected chi connectivity index (χ1v) is 11.2. The third-order valence-corrected chi connectivity index (χ3v) is 7.47. The molecule has 1 heterocycles. The molecule has 1 aliphatic carbocycles. The van der Waals surface area contributed by atoms with Gasteiger partial charge in [0.25, 0.3) is 15.9 Å². The molecule has 2 aromatic rings. The Bertz CT molecular complexity index is 839. The zero-order valence-corrected chi connectivity index (χ0v) is 16.5. The molecule has 7 heteroatoms. The van der Waals surface area contributed by atoms with Crippen molar-refractivity contribution in [1.29, 1.82) is 0 Å². The number of rotatable bonds is 5. The van der Waals surface area contributed by atoms with E-state index in [-0.39, 0.29) is 16.8 Å². The van der Waals surface area contributed by atoms with Gasteiger partial charge in [-0.25, -0.2) is 8.42 Å². The minimum absolute atomic E-state index is 0.177. The molecule has 1 aromatic heterocycles. The molecule has 0 spiro atoms. The van der Waals surface area contributed by atoms with Gasteiger partial charge in [-0.05, 0) is 36.4 Å². The highest BCUT2D eigenvalue weighted by Crippen LogP contribution is 2.30. The van der Waals surface area contributed by atoms with Gasteiger partial charge < -0.3 is 5.32 Å². The number of nitrogens with one attached hydrogen (secondary N) is 1. The minimum Gasteiger partial charge on any atom is -0.349 e. The number of hydrogen-bond donors (Lipinski definition) is 1. The predicted octanol–water partition coefficient (Wildman–Crippen LogP) is 4.03. The standard InChI is InChI=1S/C19H24N2O3S2/c1-21(26(23,24)16-11-7-4-8-12-16)17-13-14-25-18(17)19(22)20-15-9-5-2-3-6-10-15/h4,7-8,11-15H,2-3,5-6,9-10H2,1H3,(H,20,22). The smallest absolute Gasteiger partial charge is 0.264 e. The number of anilines is 1. The van der Waals surface area contributed by atoms with Crippen LogP contribution in [0.15, 0.2) is 46.7 Å². The number of hydrogen-bond acceptors (Lipinski definition) is 4. The summed E-state index contributed by atoms with van der Waals surface area (Å²) in [6.07, 6.45) is 6.67. The SMILES string of the molecule is CN(c1ccsc1C(=O)NC1CCCCCC1)S(=O)(=O)c1ccccc1. The number of carbonyl (C=O) groups excluding carboxylic acids is 1. The molecule has 1 fully saturated rings. The molecule has 0 bridgehead atoms. The summed E-state index contributed by atoms with van der Waals surface area (Å²) in [5, 5.41) is 4.86. The average molecular weight is 393 g/mol. The van der Waals surface area contributed by atoms with Crippen molar-refractivity contribution in [2.75, 3.05) is 11.4 Å². The summed E-state index contributed by atoms with van der Waals surface area (Å²) in [6, 6.07) is 10.1. The average Bonchev–Trinajstić information content (AvgIpc) is 3.00. The predicted molar refractivity (Wildman–Crippen MR) is 105 cm³/mol. The van der Waals surface area contributed by atoms with Gasteiger partial charge in [0.2, 0.25) is 0 Å².